The van der Waals surface area contributed by atoms with Crippen LogP contribution in [0.5, 0.6) is 0 Å². The van der Waals surface area contributed by atoms with Crippen molar-refractivity contribution in [2.45, 2.75) is 56.7 Å². The van der Waals surface area contributed by atoms with Crippen molar-refractivity contribution >= 4 is 22.1 Å². The Morgan fingerprint density at radius 3 is 2.21 bits per heavy atom. The summed E-state index contributed by atoms with van der Waals surface area (Å²) in [6.45, 7) is 5.96. The Bertz CT molecular complexity index is 386. The van der Waals surface area contributed by atoms with Gasteiger partial charge in [-0.25, -0.2) is 0 Å². The number of rotatable bonds is 3. The summed E-state index contributed by atoms with van der Waals surface area (Å²) in [6, 6.07) is 0. The van der Waals surface area contributed by atoms with Crippen LogP contribution in [0.1, 0.15) is 52.4 Å². The van der Waals surface area contributed by atoms with Crippen molar-refractivity contribution in [1.29, 1.82) is 0 Å². The van der Waals surface area contributed by atoms with Gasteiger partial charge in [-0.3, -0.25) is 4.99 Å². The van der Waals surface area contributed by atoms with Crippen molar-refractivity contribution in [2.24, 2.45) is 27.0 Å². The van der Waals surface area contributed by atoms with Crippen LogP contribution in [0.25, 0.3) is 0 Å². The average Bonchev–Trinajstić information content (AvgIpc) is 2.17. The van der Waals surface area contributed by atoms with Gasteiger partial charge in [0.25, 0.3) is 0 Å². The molecule has 3 heteroatoms. The first-order chi connectivity index (χ1) is 8.80. The highest BCUT2D eigenvalue weighted by Crippen LogP contribution is 2.72. The Morgan fingerprint density at radius 2 is 1.68 bits per heavy atom. The van der Waals surface area contributed by atoms with E-state index in [9.17, 15) is 0 Å². The summed E-state index contributed by atoms with van der Waals surface area (Å²) in [7, 11) is 0. The van der Waals surface area contributed by atoms with Gasteiger partial charge in [0.2, 0.25) is 0 Å². The van der Waals surface area contributed by atoms with Gasteiger partial charge in [0, 0.05) is 17.1 Å². The first-order valence-electron chi connectivity index (χ1n) is 7.36. The molecule has 2 N–H and O–H groups in total. The fourth-order valence-electron chi connectivity index (χ4n) is 6.32. The third-order valence-electron chi connectivity index (χ3n) is 5.37. The lowest BCUT2D eigenvalue weighted by Gasteiger charge is -2.68. The van der Waals surface area contributed by atoms with Crippen molar-refractivity contribution in [3.8, 4) is 0 Å². The van der Waals surface area contributed by atoms with E-state index in [0.29, 0.717) is 20.6 Å². The summed E-state index contributed by atoms with van der Waals surface area (Å²) < 4.78 is 0.379. The van der Waals surface area contributed by atoms with Gasteiger partial charge >= 0.3 is 0 Å². The molecule has 0 saturated heterocycles. The molecule has 4 bridgehead atoms. The van der Waals surface area contributed by atoms with Crippen LogP contribution in [-0.4, -0.2) is 17.1 Å². The predicted octanol–water partition coefficient (Wildman–Crippen LogP) is 4.04. The second-order valence-electron chi connectivity index (χ2n) is 8.21. The Labute approximate surface area is 125 Å². The number of aliphatic imine (C=N–C) groups is 1. The third kappa shape index (κ3) is 2.39. The molecule has 19 heavy (non-hydrogen) atoms. The first-order valence-corrected chi connectivity index (χ1v) is 8.15. The van der Waals surface area contributed by atoms with Gasteiger partial charge in [-0.05, 0) is 67.0 Å². The van der Waals surface area contributed by atoms with Gasteiger partial charge in [-0.2, -0.15) is 0 Å². The maximum Gasteiger partial charge on any atom is 0.0446 e. The number of allylic oxidation sites excluding steroid dienone is 1. The molecule has 2 atom stereocenters. The SMILES string of the molecule is CC12CC3(C)CC(Br)(C1)CC(CN=CC=CN)(C2)C3. The van der Waals surface area contributed by atoms with Crippen LogP contribution < -0.4 is 5.73 Å². The normalized spacial score (nSPS) is 52.6. The molecule has 0 aromatic carbocycles. The van der Waals surface area contributed by atoms with Gasteiger partial charge in [-0.15, -0.1) is 0 Å². The highest BCUT2D eigenvalue weighted by molar-refractivity contribution is 9.10. The van der Waals surface area contributed by atoms with Gasteiger partial charge in [0.05, 0.1) is 0 Å². The van der Waals surface area contributed by atoms with Crippen LogP contribution in [0.15, 0.2) is 17.3 Å². The van der Waals surface area contributed by atoms with E-state index in [1.165, 1.54) is 38.5 Å². The summed E-state index contributed by atoms with van der Waals surface area (Å²) in [4.78, 5) is 4.63. The van der Waals surface area contributed by atoms with E-state index < -0.39 is 0 Å². The van der Waals surface area contributed by atoms with Crippen LogP contribution in [0.4, 0.5) is 0 Å². The highest BCUT2D eigenvalue weighted by atomic mass is 79.9. The van der Waals surface area contributed by atoms with Crippen molar-refractivity contribution in [1.82, 2.24) is 0 Å². The average molecular weight is 325 g/mol. The summed E-state index contributed by atoms with van der Waals surface area (Å²) in [5.74, 6) is 0. The van der Waals surface area contributed by atoms with E-state index in [1.54, 1.807) is 6.20 Å². The third-order valence-corrected chi connectivity index (χ3v) is 6.21. The molecule has 0 aliphatic heterocycles. The smallest absolute Gasteiger partial charge is 0.0446 e. The standard InChI is InChI=1S/C16H25BrN2/c1-13-6-14(2)8-15(7-13,12-19-5-3-4-18)11-16(17,9-13)10-14/h3-5H,6-12,18H2,1-2H3. The molecule has 4 rings (SSSR count). The monoisotopic (exact) mass is 324 g/mol. The maximum atomic E-state index is 5.36. The number of nitrogens with zero attached hydrogens (tertiary/aromatic N) is 1. The zero-order chi connectivity index (χ0) is 13.8. The van der Waals surface area contributed by atoms with E-state index in [0.717, 1.165) is 6.54 Å². The number of hydrogen-bond acceptors (Lipinski definition) is 2. The molecule has 2 unspecified atom stereocenters. The number of halogens is 1. The largest absolute Gasteiger partial charge is 0.405 e. The van der Waals surface area contributed by atoms with Gasteiger partial charge in [0.15, 0.2) is 0 Å². The van der Waals surface area contributed by atoms with Crippen molar-refractivity contribution in [3.63, 3.8) is 0 Å². The van der Waals surface area contributed by atoms with Crippen LogP contribution >= 0.6 is 15.9 Å². The zero-order valence-corrected chi connectivity index (χ0v) is 13.7. The molecule has 4 saturated carbocycles. The number of nitrogens with two attached hydrogens (primary N) is 1. The first kappa shape index (κ1) is 13.7. The summed E-state index contributed by atoms with van der Waals surface area (Å²) in [6.07, 6.45) is 13.4. The topological polar surface area (TPSA) is 38.4 Å². The van der Waals surface area contributed by atoms with Crippen LogP contribution in [0.2, 0.25) is 0 Å². The van der Waals surface area contributed by atoms with Gasteiger partial charge in [0.1, 0.15) is 0 Å². The van der Waals surface area contributed by atoms with E-state index in [1.807, 2.05) is 12.3 Å². The van der Waals surface area contributed by atoms with Gasteiger partial charge in [-0.1, -0.05) is 29.8 Å². The fraction of sp³-hybridized carbons (Fsp3) is 0.812. The Kier molecular flexibility index (Phi) is 2.94. The van der Waals surface area contributed by atoms with Crippen molar-refractivity contribution in [2.75, 3.05) is 6.54 Å². The quantitative estimate of drug-likeness (QED) is 0.617. The van der Waals surface area contributed by atoms with Crippen LogP contribution in [0, 0.1) is 16.2 Å². The van der Waals surface area contributed by atoms with E-state index in [4.69, 9.17) is 5.73 Å². The molecule has 0 amide bonds. The molecule has 0 aromatic rings. The molecule has 0 radical (unpaired) electrons. The molecule has 0 aromatic heterocycles. The van der Waals surface area contributed by atoms with E-state index >= 15 is 0 Å². The van der Waals surface area contributed by atoms with Crippen molar-refractivity contribution in [3.05, 3.63) is 12.3 Å². The Balaban J connectivity index is 1.86. The summed E-state index contributed by atoms with van der Waals surface area (Å²) >= 11 is 4.10. The molecule has 0 spiro atoms. The highest BCUT2D eigenvalue weighted by Gasteiger charge is 2.64. The molecule has 4 aliphatic carbocycles. The second kappa shape index (κ2) is 4.09. The van der Waals surface area contributed by atoms with E-state index in [2.05, 4.69) is 34.8 Å². The molecule has 106 valence electrons. The maximum absolute atomic E-state index is 5.36. The van der Waals surface area contributed by atoms with E-state index in [-0.39, 0.29) is 0 Å². The predicted molar refractivity (Wildman–Crippen MR) is 84.7 cm³/mol. The molecule has 2 nitrogen and oxygen atoms in total. The molecule has 4 fully saturated rings. The lowest BCUT2D eigenvalue weighted by molar-refractivity contribution is -0.125. The second-order valence-corrected chi connectivity index (χ2v) is 9.89. The van der Waals surface area contributed by atoms with Crippen LogP contribution in [0.3, 0.4) is 0 Å². The molecular formula is C16H25BrN2. The summed E-state index contributed by atoms with van der Waals surface area (Å²) in [5.41, 5.74) is 6.82. The fourth-order valence-corrected chi connectivity index (χ4v) is 8.27. The molecule has 4 aliphatic rings. The molecular weight excluding hydrogens is 300 g/mol. The van der Waals surface area contributed by atoms with Gasteiger partial charge < -0.3 is 5.73 Å². The lowest BCUT2D eigenvalue weighted by Crippen LogP contribution is -2.61. The number of alkyl halides is 1. The van der Waals surface area contributed by atoms with Crippen molar-refractivity contribution < 1.29 is 0 Å². The Morgan fingerprint density at radius 1 is 1.05 bits per heavy atom. The lowest BCUT2D eigenvalue weighted by atomic mass is 9.40. The zero-order valence-electron chi connectivity index (χ0n) is 12.1. The summed E-state index contributed by atoms with van der Waals surface area (Å²) in [5, 5.41) is 0. The minimum absolute atomic E-state index is 0.379. The minimum atomic E-state index is 0.379. The minimum Gasteiger partial charge on any atom is -0.405 e. The Hall–Kier alpha value is -0.310. The van der Waals surface area contributed by atoms with Crippen LogP contribution in [-0.2, 0) is 0 Å². The number of hydrogen-bond donors (Lipinski definition) is 1. The molecule has 0 heterocycles.